The highest BCUT2D eigenvalue weighted by Crippen LogP contribution is 2.20. The van der Waals surface area contributed by atoms with Gasteiger partial charge >= 0.3 is 0 Å². The molecule has 0 spiro atoms. The lowest BCUT2D eigenvalue weighted by molar-refractivity contribution is -0.130. The monoisotopic (exact) mass is 230 g/mol. The topological polar surface area (TPSA) is 55.1 Å². The first kappa shape index (κ1) is 14.4. The summed E-state index contributed by atoms with van der Waals surface area (Å²) in [5.41, 5.74) is 5.22. The third-order valence-corrected chi connectivity index (χ3v) is 3.01. The number of nitrogens with one attached hydrogen (secondary N) is 1. The second kappa shape index (κ2) is 5.45. The molecule has 3 N–H and O–H groups in total. The summed E-state index contributed by atoms with van der Waals surface area (Å²) in [6, 6.07) is -0.210. The molecule has 0 aromatic carbocycles. The van der Waals surface area contributed by atoms with Gasteiger partial charge in [-0.3, -0.25) is 4.79 Å². The average molecular weight is 230 g/mol. The molecule has 1 unspecified atom stereocenters. The summed E-state index contributed by atoms with van der Waals surface area (Å²) < 4.78 is 0. The van der Waals surface area contributed by atoms with E-state index >= 15 is 0 Å². The van der Waals surface area contributed by atoms with Gasteiger partial charge in [0.05, 0.1) is 11.0 Å². The zero-order chi connectivity index (χ0) is 12.2. The van der Waals surface area contributed by atoms with Crippen LogP contribution in [0.4, 0.5) is 0 Å². The van der Waals surface area contributed by atoms with Gasteiger partial charge in [0.25, 0.3) is 0 Å². The van der Waals surface area contributed by atoms with E-state index in [1.807, 2.05) is 34.6 Å². The van der Waals surface area contributed by atoms with Gasteiger partial charge in [-0.2, -0.15) is 0 Å². The maximum Gasteiger partial charge on any atom is 0.226 e. The Morgan fingerprint density at radius 1 is 1.47 bits per heavy atom. The fourth-order valence-corrected chi connectivity index (χ4v) is 1.39. The second-order valence-corrected chi connectivity index (χ2v) is 5.31. The zero-order valence-electron chi connectivity index (χ0n) is 10.3. The van der Waals surface area contributed by atoms with E-state index in [0.717, 1.165) is 6.42 Å². The molecule has 0 fully saturated rings. The van der Waals surface area contributed by atoms with E-state index in [2.05, 4.69) is 5.32 Å². The van der Waals surface area contributed by atoms with Crippen LogP contribution in [0.2, 0.25) is 0 Å². The molecule has 4 heteroatoms. The Morgan fingerprint density at radius 2 is 1.93 bits per heavy atom. The molecule has 0 aromatic rings. The summed E-state index contributed by atoms with van der Waals surface area (Å²) in [5.74, 6) is 0.232. The van der Waals surface area contributed by atoms with Gasteiger partial charge in [-0.15, -0.1) is 0 Å². The highest BCUT2D eigenvalue weighted by atomic mass is 32.1. The van der Waals surface area contributed by atoms with Crippen LogP contribution in [0.15, 0.2) is 0 Å². The third kappa shape index (κ3) is 4.16. The van der Waals surface area contributed by atoms with E-state index in [0.29, 0.717) is 4.99 Å². The van der Waals surface area contributed by atoms with Gasteiger partial charge in [-0.25, -0.2) is 0 Å². The summed E-state index contributed by atoms with van der Waals surface area (Å²) >= 11 is 4.93. The van der Waals surface area contributed by atoms with Crippen molar-refractivity contribution in [1.29, 1.82) is 0 Å². The number of rotatable bonds is 5. The Morgan fingerprint density at radius 3 is 2.20 bits per heavy atom. The third-order valence-electron chi connectivity index (χ3n) is 2.76. The van der Waals surface area contributed by atoms with Crippen molar-refractivity contribution in [1.82, 2.24) is 5.32 Å². The lowest BCUT2D eigenvalue weighted by Crippen LogP contribution is -2.50. The molecule has 1 atom stereocenters. The molecular weight excluding hydrogens is 208 g/mol. The molecule has 0 rings (SSSR count). The van der Waals surface area contributed by atoms with Crippen molar-refractivity contribution in [2.24, 2.45) is 17.1 Å². The minimum absolute atomic E-state index is 0.0106. The Balaban J connectivity index is 4.57. The molecular formula is C11H22N2OS. The maximum atomic E-state index is 11.9. The molecule has 0 radical (unpaired) electrons. The first-order valence-electron chi connectivity index (χ1n) is 5.32. The molecule has 15 heavy (non-hydrogen) atoms. The summed E-state index contributed by atoms with van der Waals surface area (Å²) in [6.45, 7) is 9.80. The van der Waals surface area contributed by atoms with Crippen LogP contribution < -0.4 is 11.1 Å². The van der Waals surface area contributed by atoms with Crippen molar-refractivity contribution in [3.8, 4) is 0 Å². The van der Waals surface area contributed by atoms with Crippen LogP contribution in [-0.4, -0.2) is 16.9 Å². The van der Waals surface area contributed by atoms with Crippen molar-refractivity contribution in [2.75, 3.05) is 0 Å². The highest BCUT2D eigenvalue weighted by molar-refractivity contribution is 7.80. The lowest BCUT2D eigenvalue weighted by atomic mass is 9.88. The van der Waals surface area contributed by atoms with Crippen molar-refractivity contribution < 1.29 is 4.79 Å². The maximum absolute atomic E-state index is 11.9. The first-order chi connectivity index (χ1) is 6.72. The van der Waals surface area contributed by atoms with E-state index < -0.39 is 0 Å². The smallest absolute Gasteiger partial charge is 0.226 e. The van der Waals surface area contributed by atoms with Crippen molar-refractivity contribution in [3.05, 3.63) is 0 Å². The van der Waals surface area contributed by atoms with E-state index in [1.54, 1.807) is 0 Å². The molecule has 0 saturated heterocycles. The molecule has 0 aromatic heterocycles. The molecule has 0 aliphatic heterocycles. The van der Waals surface area contributed by atoms with E-state index in [9.17, 15) is 4.79 Å². The highest BCUT2D eigenvalue weighted by Gasteiger charge is 2.29. The van der Waals surface area contributed by atoms with E-state index in [-0.39, 0.29) is 23.3 Å². The van der Waals surface area contributed by atoms with Crippen LogP contribution in [0.5, 0.6) is 0 Å². The summed E-state index contributed by atoms with van der Waals surface area (Å²) in [7, 11) is 0. The number of hydrogen-bond acceptors (Lipinski definition) is 2. The van der Waals surface area contributed by atoms with Gasteiger partial charge in [0.2, 0.25) is 5.91 Å². The van der Waals surface area contributed by atoms with Crippen LogP contribution in [0, 0.1) is 11.3 Å². The standard InChI is InChI=1S/C11H22N2OS/c1-6-11(4,5)10(14)13-8(7(2)3)9(12)15/h7-8H,6H2,1-5H3,(H2,12,15)(H,13,14). The predicted octanol–water partition coefficient (Wildman–Crippen LogP) is 1.85. The van der Waals surface area contributed by atoms with Crippen molar-refractivity contribution in [3.63, 3.8) is 0 Å². The molecule has 0 saturated carbocycles. The largest absolute Gasteiger partial charge is 0.392 e. The first-order valence-corrected chi connectivity index (χ1v) is 5.73. The second-order valence-electron chi connectivity index (χ2n) is 4.83. The van der Waals surface area contributed by atoms with Crippen molar-refractivity contribution in [2.45, 2.75) is 47.1 Å². The fourth-order valence-electron chi connectivity index (χ4n) is 1.06. The summed E-state index contributed by atoms with van der Waals surface area (Å²) in [6.07, 6.45) is 0.793. The molecule has 0 heterocycles. The fraction of sp³-hybridized carbons (Fsp3) is 0.818. The van der Waals surface area contributed by atoms with Gasteiger partial charge in [0.15, 0.2) is 0 Å². The Kier molecular flexibility index (Phi) is 5.21. The zero-order valence-corrected chi connectivity index (χ0v) is 11.1. The number of hydrogen-bond donors (Lipinski definition) is 2. The summed E-state index contributed by atoms with van der Waals surface area (Å²) in [4.78, 5) is 12.2. The van der Waals surface area contributed by atoms with Crippen LogP contribution in [0.25, 0.3) is 0 Å². The number of amides is 1. The van der Waals surface area contributed by atoms with Gasteiger partial charge in [0, 0.05) is 5.41 Å². The molecule has 88 valence electrons. The van der Waals surface area contributed by atoms with E-state index in [1.165, 1.54) is 0 Å². The predicted molar refractivity (Wildman–Crippen MR) is 67.6 cm³/mol. The Bertz CT molecular complexity index is 249. The number of thiocarbonyl (C=S) groups is 1. The minimum Gasteiger partial charge on any atom is -0.392 e. The molecule has 0 aliphatic rings. The Hall–Kier alpha value is -0.640. The number of carbonyl (C=O) groups excluding carboxylic acids is 1. The van der Waals surface area contributed by atoms with Gasteiger partial charge in [-0.05, 0) is 12.3 Å². The molecule has 0 aliphatic carbocycles. The van der Waals surface area contributed by atoms with E-state index in [4.69, 9.17) is 18.0 Å². The lowest BCUT2D eigenvalue weighted by Gasteiger charge is -2.27. The van der Waals surface area contributed by atoms with Crippen LogP contribution in [0.1, 0.15) is 41.0 Å². The summed E-state index contributed by atoms with van der Waals surface area (Å²) in [5, 5.41) is 2.90. The van der Waals surface area contributed by atoms with Crippen LogP contribution in [0.3, 0.4) is 0 Å². The molecule has 0 bridgehead atoms. The van der Waals surface area contributed by atoms with Crippen LogP contribution in [-0.2, 0) is 4.79 Å². The average Bonchev–Trinajstić information content (AvgIpc) is 2.12. The van der Waals surface area contributed by atoms with Crippen molar-refractivity contribution >= 4 is 23.1 Å². The molecule has 3 nitrogen and oxygen atoms in total. The van der Waals surface area contributed by atoms with Gasteiger partial charge < -0.3 is 11.1 Å². The minimum atomic E-state index is -0.363. The van der Waals surface area contributed by atoms with Gasteiger partial charge in [-0.1, -0.05) is 46.8 Å². The SMILES string of the molecule is CCC(C)(C)C(=O)NC(C(N)=S)C(C)C. The quantitative estimate of drug-likeness (QED) is 0.709. The van der Waals surface area contributed by atoms with Gasteiger partial charge in [0.1, 0.15) is 0 Å². The number of nitrogens with two attached hydrogens (primary N) is 1. The number of carbonyl (C=O) groups is 1. The molecule has 1 amide bonds. The normalized spacial score (nSPS) is 13.7. The van der Waals surface area contributed by atoms with Crippen LogP contribution >= 0.6 is 12.2 Å². The Labute approximate surface area is 97.8 Å².